The summed E-state index contributed by atoms with van der Waals surface area (Å²) < 4.78 is 16.2. The standard InChI is InChI=1S/C21H22N2O4/c1-14(13-25-2)23-20(24)17-9-4-5-10-18(17)21-22-12-19(27-21)15-7-6-8-16(11-15)26-3/h4-12,14H,13H2,1-3H3,(H,23,24). The van der Waals surface area contributed by atoms with Crippen molar-refractivity contribution in [1.29, 1.82) is 0 Å². The summed E-state index contributed by atoms with van der Waals surface area (Å²) in [4.78, 5) is 17.0. The van der Waals surface area contributed by atoms with Crippen LogP contribution < -0.4 is 10.1 Å². The maximum atomic E-state index is 12.6. The molecular weight excluding hydrogens is 344 g/mol. The number of hydrogen-bond acceptors (Lipinski definition) is 5. The molecule has 0 bridgehead atoms. The lowest BCUT2D eigenvalue weighted by Crippen LogP contribution is -2.35. The van der Waals surface area contributed by atoms with E-state index in [-0.39, 0.29) is 11.9 Å². The van der Waals surface area contributed by atoms with Crippen LogP contribution in [0.5, 0.6) is 5.75 Å². The number of ether oxygens (including phenoxy) is 2. The number of rotatable bonds is 7. The average molecular weight is 366 g/mol. The molecule has 6 heteroatoms. The van der Waals surface area contributed by atoms with Crippen molar-refractivity contribution >= 4 is 5.91 Å². The summed E-state index contributed by atoms with van der Waals surface area (Å²) in [5, 5.41) is 2.91. The fourth-order valence-corrected chi connectivity index (χ4v) is 2.77. The summed E-state index contributed by atoms with van der Waals surface area (Å²) in [5.74, 6) is 1.53. The molecule has 0 spiro atoms. The third-order valence-corrected chi connectivity index (χ3v) is 4.06. The monoisotopic (exact) mass is 366 g/mol. The molecule has 3 rings (SSSR count). The van der Waals surface area contributed by atoms with Crippen molar-refractivity contribution in [3.63, 3.8) is 0 Å². The highest BCUT2D eigenvalue weighted by molar-refractivity contribution is 6.00. The summed E-state index contributed by atoms with van der Waals surface area (Å²) in [6, 6.07) is 14.7. The molecule has 1 N–H and O–H groups in total. The number of benzene rings is 2. The second-order valence-corrected chi connectivity index (χ2v) is 6.14. The van der Waals surface area contributed by atoms with Crippen molar-refractivity contribution in [1.82, 2.24) is 10.3 Å². The first-order valence-electron chi connectivity index (χ1n) is 8.62. The Morgan fingerprint density at radius 1 is 1.19 bits per heavy atom. The van der Waals surface area contributed by atoms with Crippen LogP contribution in [0.1, 0.15) is 17.3 Å². The molecule has 0 saturated heterocycles. The van der Waals surface area contributed by atoms with Gasteiger partial charge in [-0.25, -0.2) is 4.98 Å². The minimum absolute atomic E-state index is 0.104. The Labute approximate surface area is 158 Å². The Morgan fingerprint density at radius 2 is 2.00 bits per heavy atom. The smallest absolute Gasteiger partial charge is 0.252 e. The molecule has 1 aromatic heterocycles. The van der Waals surface area contributed by atoms with Gasteiger partial charge in [-0.05, 0) is 31.2 Å². The van der Waals surface area contributed by atoms with E-state index in [1.807, 2.05) is 49.4 Å². The molecule has 0 fully saturated rings. The largest absolute Gasteiger partial charge is 0.497 e. The van der Waals surface area contributed by atoms with Gasteiger partial charge in [0, 0.05) is 24.3 Å². The molecule has 6 nitrogen and oxygen atoms in total. The SMILES string of the molecule is COCC(C)NC(=O)c1ccccc1-c1ncc(-c2cccc(OC)c2)o1. The van der Waals surface area contributed by atoms with Gasteiger partial charge >= 0.3 is 0 Å². The van der Waals surface area contributed by atoms with Crippen molar-refractivity contribution in [2.75, 3.05) is 20.8 Å². The number of nitrogens with zero attached hydrogens (tertiary/aromatic N) is 1. The van der Waals surface area contributed by atoms with Gasteiger partial charge in [0.25, 0.3) is 5.91 Å². The van der Waals surface area contributed by atoms with Crippen LogP contribution in [0.2, 0.25) is 0 Å². The summed E-state index contributed by atoms with van der Waals surface area (Å²) in [6.45, 7) is 2.32. The quantitative estimate of drug-likeness (QED) is 0.689. The molecule has 1 unspecified atom stereocenters. The van der Waals surface area contributed by atoms with E-state index in [2.05, 4.69) is 10.3 Å². The summed E-state index contributed by atoms with van der Waals surface area (Å²) in [5.41, 5.74) is 1.98. The summed E-state index contributed by atoms with van der Waals surface area (Å²) >= 11 is 0. The summed E-state index contributed by atoms with van der Waals surface area (Å²) in [7, 11) is 3.22. The number of nitrogens with one attached hydrogen (secondary N) is 1. The van der Waals surface area contributed by atoms with Crippen LogP contribution in [-0.4, -0.2) is 37.8 Å². The van der Waals surface area contributed by atoms with Crippen molar-refractivity contribution in [2.24, 2.45) is 0 Å². The topological polar surface area (TPSA) is 73.6 Å². The van der Waals surface area contributed by atoms with E-state index in [1.165, 1.54) is 0 Å². The fourth-order valence-electron chi connectivity index (χ4n) is 2.77. The second-order valence-electron chi connectivity index (χ2n) is 6.14. The molecule has 0 aliphatic rings. The molecule has 1 amide bonds. The van der Waals surface area contributed by atoms with Gasteiger partial charge in [-0.15, -0.1) is 0 Å². The molecule has 0 saturated carbocycles. The zero-order valence-electron chi connectivity index (χ0n) is 15.6. The van der Waals surface area contributed by atoms with Crippen molar-refractivity contribution in [3.8, 4) is 28.5 Å². The minimum atomic E-state index is -0.198. The van der Waals surface area contributed by atoms with E-state index in [4.69, 9.17) is 13.9 Å². The van der Waals surface area contributed by atoms with E-state index >= 15 is 0 Å². The van der Waals surface area contributed by atoms with Gasteiger partial charge < -0.3 is 19.2 Å². The van der Waals surface area contributed by atoms with E-state index in [0.717, 1.165) is 11.3 Å². The first-order chi connectivity index (χ1) is 13.1. The number of oxazole rings is 1. The molecule has 0 radical (unpaired) electrons. The normalized spacial score (nSPS) is 11.8. The van der Waals surface area contributed by atoms with Gasteiger partial charge in [0.05, 0.1) is 25.5 Å². The number of methoxy groups -OCH3 is 2. The lowest BCUT2D eigenvalue weighted by molar-refractivity contribution is 0.0906. The number of carbonyl (C=O) groups excluding carboxylic acids is 1. The van der Waals surface area contributed by atoms with Gasteiger partial charge in [-0.1, -0.05) is 24.3 Å². The Bertz CT molecular complexity index is 920. The predicted molar refractivity (Wildman–Crippen MR) is 103 cm³/mol. The first kappa shape index (κ1) is 18.7. The number of aromatic nitrogens is 1. The molecule has 1 heterocycles. The predicted octanol–water partition coefficient (Wildman–Crippen LogP) is 3.78. The molecular formula is C21H22N2O4. The van der Waals surface area contributed by atoms with Gasteiger partial charge in [0.1, 0.15) is 5.75 Å². The zero-order chi connectivity index (χ0) is 19.2. The third kappa shape index (κ3) is 4.35. The Hall–Kier alpha value is -3.12. The molecule has 27 heavy (non-hydrogen) atoms. The zero-order valence-corrected chi connectivity index (χ0v) is 15.6. The second kappa shape index (κ2) is 8.51. The Kier molecular flexibility index (Phi) is 5.88. The Morgan fingerprint density at radius 3 is 2.78 bits per heavy atom. The van der Waals surface area contributed by atoms with Crippen LogP contribution in [0, 0.1) is 0 Å². The van der Waals surface area contributed by atoms with Gasteiger partial charge in [-0.2, -0.15) is 0 Å². The van der Waals surface area contributed by atoms with Crippen LogP contribution >= 0.6 is 0 Å². The van der Waals surface area contributed by atoms with Crippen LogP contribution in [0.3, 0.4) is 0 Å². The first-order valence-corrected chi connectivity index (χ1v) is 8.62. The highest BCUT2D eigenvalue weighted by Gasteiger charge is 2.18. The van der Waals surface area contributed by atoms with Crippen LogP contribution in [0.25, 0.3) is 22.8 Å². The van der Waals surface area contributed by atoms with E-state index in [0.29, 0.717) is 29.4 Å². The molecule has 1 atom stereocenters. The maximum absolute atomic E-state index is 12.6. The minimum Gasteiger partial charge on any atom is -0.497 e. The van der Waals surface area contributed by atoms with Crippen molar-refractivity contribution < 1.29 is 18.7 Å². The highest BCUT2D eigenvalue weighted by Crippen LogP contribution is 2.29. The number of carbonyl (C=O) groups is 1. The van der Waals surface area contributed by atoms with Gasteiger partial charge in [0.2, 0.25) is 5.89 Å². The van der Waals surface area contributed by atoms with Crippen LogP contribution in [0.15, 0.2) is 59.1 Å². The van der Waals surface area contributed by atoms with Crippen molar-refractivity contribution in [2.45, 2.75) is 13.0 Å². The lowest BCUT2D eigenvalue weighted by Gasteiger charge is -2.14. The fraction of sp³-hybridized carbons (Fsp3) is 0.238. The Balaban J connectivity index is 1.89. The van der Waals surface area contributed by atoms with Gasteiger partial charge in [0.15, 0.2) is 5.76 Å². The van der Waals surface area contributed by atoms with E-state index in [9.17, 15) is 4.79 Å². The molecule has 3 aromatic rings. The highest BCUT2D eigenvalue weighted by atomic mass is 16.5. The van der Waals surface area contributed by atoms with E-state index < -0.39 is 0 Å². The van der Waals surface area contributed by atoms with Crippen molar-refractivity contribution in [3.05, 3.63) is 60.3 Å². The lowest BCUT2D eigenvalue weighted by atomic mass is 10.1. The number of amides is 1. The summed E-state index contributed by atoms with van der Waals surface area (Å²) in [6.07, 6.45) is 1.65. The van der Waals surface area contributed by atoms with Crippen LogP contribution in [-0.2, 0) is 4.74 Å². The van der Waals surface area contributed by atoms with Gasteiger partial charge in [-0.3, -0.25) is 4.79 Å². The molecule has 0 aliphatic carbocycles. The molecule has 140 valence electrons. The third-order valence-electron chi connectivity index (χ3n) is 4.06. The van der Waals surface area contributed by atoms with E-state index in [1.54, 1.807) is 26.5 Å². The molecule has 2 aromatic carbocycles. The average Bonchev–Trinajstić information content (AvgIpc) is 3.18. The maximum Gasteiger partial charge on any atom is 0.252 e. The van der Waals surface area contributed by atoms with Crippen LogP contribution in [0.4, 0.5) is 0 Å². The number of hydrogen-bond donors (Lipinski definition) is 1. The molecule has 0 aliphatic heterocycles.